The van der Waals surface area contributed by atoms with Crippen molar-refractivity contribution >= 4 is 11.3 Å². The molecule has 0 bridgehead atoms. The molecule has 0 amide bonds. The summed E-state index contributed by atoms with van der Waals surface area (Å²) >= 11 is 1.82. The molecular formula is C14H25NOS. The van der Waals surface area contributed by atoms with E-state index >= 15 is 0 Å². The molecule has 0 fully saturated rings. The SMILES string of the molecule is CCOC(C)(C)CNC(c1cccs1)C(C)C. The number of ether oxygens (including phenoxy) is 1. The maximum atomic E-state index is 5.72. The van der Waals surface area contributed by atoms with Gasteiger partial charge in [0.05, 0.1) is 5.60 Å². The van der Waals surface area contributed by atoms with Gasteiger partial charge in [-0.15, -0.1) is 11.3 Å². The molecule has 0 saturated heterocycles. The Hall–Kier alpha value is -0.380. The molecule has 1 N–H and O–H groups in total. The molecule has 2 nitrogen and oxygen atoms in total. The van der Waals surface area contributed by atoms with Gasteiger partial charge in [0.2, 0.25) is 0 Å². The zero-order valence-corrected chi connectivity index (χ0v) is 12.4. The van der Waals surface area contributed by atoms with Gasteiger partial charge < -0.3 is 10.1 Å². The molecule has 1 rings (SSSR count). The quantitative estimate of drug-likeness (QED) is 0.799. The van der Waals surface area contributed by atoms with E-state index in [1.165, 1.54) is 4.88 Å². The van der Waals surface area contributed by atoms with Crippen LogP contribution in [0, 0.1) is 5.92 Å². The number of hydrogen-bond acceptors (Lipinski definition) is 3. The Morgan fingerprint density at radius 2 is 2.12 bits per heavy atom. The molecule has 1 heterocycles. The van der Waals surface area contributed by atoms with Gasteiger partial charge in [0.25, 0.3) is 0 Å². The first-order chi connectivity index (χ1) is 7.96. The second kappa shape index (κ2) is 6.53. The molecule has 17 heavy (non-hydrogen) atoms. The van der Waals surface area contributed by atoms with Crippen LogP contribution in [0.4, 0.5) is 0 Å². The van der Waals surface area contributed by atoms with Crippen LogP contribution < -0.4 is 5.32 Å². The van der Waals surface area contributed by atoms with E-state index < -0.39 is 0 Å². The van der Waals surface area contributed by atoms with E-state index in [4.69, 9.17) is 4.74 Å². The van der Waals surface area contributed by atoms with Gasteiger partial charge in [-0.1, -0.05) is 19.9 Å². The highest BCUT2D eigenvalue weighted by Gasteiger charge is 2.22. The molecule has 1 aromatic heterocycles. The third-order valence-corrected chi connectivity index (χ3v) is 3.75. The summed E-state index contributed by atoms with van der Waals surface area (Å²) < 4.78 is 5.72. The standard InChI is InChI=1S/C14H25NOS/c1-6-16-14(4,5)10-15-13(11(2)3)12-8-7-9-17-12/h7-9,11,13,15H,6,10H2,1-5H3. The van der Waals surface area contributed by atoms with Gasteiger partial charge in [-0.3, -0.25) is 0 Å². The van der Waals surface area contributed by atoms with Crippen molar-refractivity contribution in [1.29, 1.82) is 0 Å². The molecular weight excluding hydrogens is 230 g/mol. The number of rotatable bonds is 7. The minimum atomic E-state index is -0.0981. The first-order valence-corrected chi connectivity index (χ1v) is 7.25. The molecule has 1 aromatic rings. The van der Waals surface area contributed by atoms with Gasteiger partial charge in [0, 0.05) is 24.1 Å². The fourth-order valence-corrected chi connectivity index (χ4v) is 2.90. The number of thiophene rings is 1. The number of nitrogens with one attached hydrogen (secondary N) is 1. The molecule has 0 radical (unpaired) electrons. The summed E-state index contributed by atoms with van der Waals surface area (Å²) in [6.45, 7) is 12.5. The summed E-state index contributed by atoms with van der Waals surface area (Å²) in [7, 11) is 0. The van der Waals surface area contributed by atoms with E-state index in [0.29, 0.717) is 12.0 Å². The average molecular weight is 255 g/mol. The molecule has 1 unspecified atom stereocenters. The van der Waals surface area contributed by atoms with Crippen LogP contribution in [-0.2, 0) is 4.74 Å². The van der Waals surface area contributed by atoms with E-state index in [9.17, 15) is 0 Å². The normalized spacial score (nSPS) is 14.2. The van der Waals surface area contributed by atoms with Crippen LogP contribution in [0.15, 0.2) is 17.5 Å². The van der Waals surface area contributed by atoms with Crippen LogP contribution in [-0.4, -0.2) is 18.8 Å². The molecule has 0 aliphatic carbocycles. The van der Waals surface area contributed by atoms with E-state index in [0.717, 1.165) is 13.2 Å². The lowest BCUT2D eigenvalue weighted by Crippen LogP contribution is -2.40. The smallest absolute Gasteiger partial charge is 0.0750 e. The summed E-state index contributed by atoms with van der Waals surface area (Å²) in [5, 5.41) is 5.77. The molecule has 0 saturated carbocycles. The fraction of sp³-hybridized carbons (Fsp3) is 0.714. The second-order valence-electron chi connectivity index (χ2n) is 5.31. The van der Waals surface area contributed by atoms with Gasteiger partial charge in [0.1, 0.15) is 0 Å². The van der Waals surface area contributed by atoms with Crippen molar-refractivity contribution in [2.24, 2.45) is 5.92 Å². The van der Waals surface area contributed by atoms with Crippen molar-refractivity contribution in [2.75, 3.05) is 13.2 Å². The van der Waals surface area contributed by atoms with Gasteiger partial charge in [-0.05, 0) is 38.1 Å². The Bertz CT molecular complexity index is 306. The summed E-state index contributed by atoms with van der Waals surface area (Å²) in [6, 6.07) is 4.75. The zero-order valence-electron chi connectivity index (χ0n) is 11.6. The molecule has 1 atom stereocenters. The Morgan fingerprint density at radius 1 is 1.41 bits per heavy atom. The largest absolute Gasteiger partial charge is 0.375 e. The lowest BCUT2D eigenvalue weighted by molar-refractivity contribution is -0.0115. The van der Waals surface area contributed by atoms with Crippen molar-refractivity contribution < 1.29 is 4.74 Å². The van der Waals surface area contributed by atoms with Crippen LogP contribution >= 0.6 is 11.3 Å². The summed E-state index contributed by atoms with van der Waals surface area (Å²) in [6.07, 6.45) is 0. The van der Waals surface area contributed by atoms with Crippen molar-refractivity contribution in [1.82, 2.24) is 5.32 Å². The fourth-order valence-electron chi connectivity index (χ4n) is 1.93. The van der Waals surface area contributed by atoms with Crippen LogP contribution in [0.1, 0.15) is 45.5 Å². The van der Waals surface area contributed by atoms with Crippen molar-refractivity contribution in [3.8, 4) is 0 Å². The van der Waals surface area contributed by atoms with E-state index in [-0.39, 0.29) is 5.60 Å². The third kappa shape index (κ3) is 4.78. The molecule has 0 aliphatic rings. The van der Waals surface area contributed by atoms with Crippen molar-refractivity contribution in [2.45, 2.75) is 46.3 Å². The van der Waals surface area contributed by atoms with Crippen LogP contribution in [0.5, 0.6) is 0 Å². The average Bonchev–Trinajstić information content (AvgIpc) is 2.70. The van der Waals surface area contributed by atoms with Crippen molar-refractivity contribution in [3.63, 3.8) is 0 Å². The van der Waals surface area contributed by atoms with Gasteiger partial charge in [0.15, 0.2) is 0 Å². The Kier molecular flexibility index (Phi) is 5.63. The molecule has 0 aliphatic heterocycles. The monoisotopic (exact) mass is 255 g/mol. The molecule has 3 heteroatoms. The summed E-state index contributed by atoms with van der Waals surface area (Å²) in [5.74, 6) is 0.589. The van der Waals surface area contributed by atoms with Crippen LogP contribution in [0.2, 0.25) is 0 Å². The summed E-state index contributed by atoms with van der Waals surface area (Å²) in [4.78, 5) is 1.41. The minimum Gasteiger partial charge on any atom is -0.375 e. The first kappa shape index (κ1) is 14.7. The minimum absolute atomic E-state index is 0.0981. The predicted octanol–water partition coefficient (Wildman–Crippen LogP) is 3.85. The maximum Gasteiger partial charge on any atom is 0.0750 e. The Morgan fingerprint density at radius 3 is 2.59 bits per heavy atom. The van der Waals surface area contributed by atoms with Crippen LogP contribution in [0.3, 0.4) is 0 Å². The van der Waals surface area contributed by atoms with Gasteiger partial charge in [-0.2, -0.15) is 0 Å². The van der Waals surface area contributed by atoms with E-state index in [1.54, 1.807) is 0 Å². The number of hydrogen-bond donors (Lipinski definition) is 1. The van der Waals surface area contributed by atoms with E-state index in [2.05, 4.69) is 50.5 Å². The van der Waals surface area contributed by atoms with E-state index in [1.807, 2.05) is 18.3 Å². The first-order valence-electron chi connectivity index (χ1n) is 6.37. The highest BCUT2D eigenvalue weighted by atomic mass is 32.1. The highest BCUT2D eigenvalue weighted by molar-refractivity contribution is 7.10. The third-order valence-electron chi connectivity index (χ3n) is 2.80. The lowest BCUT2D eigenvalue weighted by Gasteiger charge is -2.29. The predicted molar refractivity (Wildman–Crippen MR) is 75.6 cm³/mol. The lowest BCUT2D eigenvalue weighted by atomic mass is 10.0. The second-order valence-corrected chi connectivity index (χ2v) is 6.29. The Balaban J connectivity index is 2.57. The van der Waals surface area contributed by atoms with Gasteiger partial charge in [-0.25, -0.2) is 0 Å². The van der Waals surface area contributed by atoms with Gasteiger partial charge >= 0.3 is 0 Å². The van der Waals surface area contributed by atoms with Crippen molar-refractivity contribution in [3.05, 3.63) is 22.4 Å². The Labute approximate surface area is 109 Å². The highest BCUT2D eigenvalue weighted by Crippen LogP contribution is 2.26. The molecule has 0 aromatic carbocycles. The molecule has 0 spiro atoms. The molecule has 98 valence electrons. The van der Waals surface area contributed by atoms with Crippen LogP contribution in [0.25, 0.3) is 0 Å². The maximum absolute atomic E-state index is 5.72. The topological polar surface area (TPSA) is 21.3 Å². The summed E-state index contributed by atoms with van der Waals surface area (Å²) in [5.41, 5.74) is -0.0981. The zero-order chi connectivity index (χ0) is 12.9.